The molecule has 5 nitrogen and oxygen atoms in total. The minimum atomic E-state index is -3.59. The van der Waals surface area contributed by atoms with Crippen LogP contribution >= 0.6 is 25.3 Å². The Morgan fingerprint density at radius 1 is 0.929 bits per heavy atom. The summed E-state index contributed by atoms with van der Waals surface area (Å²) in [6.45, 7) is 3.59. The van der Waals surface area contributed by atoms with Crippen molar-refractivity contribution in [2.75, 3.05) is 48.3 Å². The highest BCUT2D eigenvalue weighted by atomic mass is 32.2. The number of sulfonamides is 1. The molecule has 2 aromatic rings. The summed E-state index contributed by atoms with van der Waals surface area (Å²) in [4.78, 5) is 5.90. The Labute approximate surface area is 181 Å². The van der Waals surface area contributed by atoms with Crippen LogP contribution in [0.15, 0.2) is 58.3 Å². The van der Waals surface area contributed by atoms with E-state index >= 15 is 0 Å². The van der Waals surface area contributed by atoms with Crippen LogP contribution in [0, 0.1) is 0 Å². The number of anilines is 2. The van der Waals surface area contributed by atoms with Gasteiger partial charge in [0.2, 0.25) is 0 Å². The van der Waals surface area contributed by atoms with Crippen LogP contribution in [-0.2, 0) is 20.9 Å². The van der Waals surface area contributed by atoms with E-state index in [2.05, 4.69) is 52.3 Å². The molecule has 2 aromatic carbocycles. The van der Waals surface area contributed by atoms with E-state index in [0.29, 0.717) is 5.69 Å². The number of nitrogens with one attached hydrogen (secondary N) is 1. The number of hydrogen-bond acceptors (Lipinski definition) is 6. The summed E-state index contributed by atoms with van der Waals surface area (Å²) in [6, 6.07) is 14.6. The highest BCUT2D eigenvalue weighted by molar-refractivity contribution is 7.99. The van der Waals surface area contributed by atoms with Gasteiger partial charge in [-0.05, 0) is 48.5 Å². The summed E-state index contributed by atoms with van der Waals surface area (Å²) in [6.07, 6.45) is 4.22. The first-order chi connectivity index (χ1) is 13.3. The van der Waals surface area contributed by atoms with Crippen molar-refractivity contribution in [2.45, 2.75) is 14.5 Å². The average Bonchev–Trinajstić information content (AvgIpc) is 2.68. The van der Waals surface area contributed by atoms with Crippen LogP contribution in [-0.4, -0.2) is 56.7 Å². The molecule has 1 heterocycles. The van der Waals surface area contributed by atoms with E-state index in [4.69, 9.17) is 0 Å². The van der Waals surface area contributed by atoms with Gasteiger partial charge in [-0.3, -0.25) is 9.62 Å². The van der Waals surface area contributed by atoms with Gasteiger partial charge in [-0.25, -0.2) is 8.42 Å². The van der Waals surface area contributed by atoms with Crippen LogP contribution in [0.2, 0.25) is 0 Å². The van der Waals surface area contributed by atoms with Crippen molar-refractivity contribution in [1.29, 1.82) is 0 Å². The fraction of sp³-hybridized carbons (Fsp3) is 0.368. The Bertz CT molecular complexity index is 876. The highest BCUT2D eigenvalue weighted by Crippen LogP contribution is 2.23. The van der Waals surface area contributed by atoms with E-state index in [9.17, 15) is 8.42 Å². The molecule has 1 N–H and O–H groups in total. The zero-order chi connectivity index (χ0) is 20.3. The Morgan fingerprint density at radius 3 is 2.00 bits per heavy atom. The van der Waals surface area contributed by atoms with Crippen LogP contribution < -0.4 is 9.62 Å². The molecule has 0 atom stereocenters. The predicted molar refractivity (Wildman–Crippen MR) is 127 cm³/mol. The quantitative estimate of drug-likeness (QED) is 0.355. The molecular formula is C19H26N3O2S4+. The molecule has 1 fully saturated rings. The van der Waals surface area contributed by atoms with Gasteiger partial charge in [-0.2, -0.15) is 0 Å². The largest absolute Gasteiger partial charge is 0.369 e. The summed E-state index contributed by atoms with van der Waals surface area (Å²) >= 11 is 8.73. The smallest absolute Gasteiger partial charge is 0.261 e. The number of rotatable bonds is 6. The van der Waals surface area contributed by atoms with Crippen molar-refractivity contribution < 1.29 is 8.42 Å². The fourth-order valence-electron chi connectivity index (χ4n) is 3.06. The van der Waals surface area contributed by atoms with E-state index in [1.54, 1.807) is 12.1 Å². The third-order valence-corrected chi connectivity index (χ3v) is 8.00. The van der Waals surface area contributed by atoms with Crippen molar-refractivity contribution >= 4 is 57.6 Å². The average molecular weight is 457 g/mol. The van der Waals surface area contributed by atoms with Gasteiger partial charge in [0.25, 0.3) is 10.0 Å². The van der Waals surface area contributed by atoms with E-state index in [1.165, 1.54) is 0 Å². The lowest BCUT2D eigenvalue weighted by Crippen LogP contribution is -2.47. The number of thiol groups is 2. The van der Waals surface area contributed by atoms with Gasteiger partial charge in [0.1, 0.15) is 12.5 Å². The van der Waals surface area contributed by atoms with Gasteiger partial charge in [0.05, 0.1) is 9.60 Å². The molecule has 0 aromatic heterocycles. The number of hydrogen-bond donors (Lipinski definition) is 3. The van der Waals surface area contributed by atoms with Crippen LogP contribution in [0.4, 0.5) is 11.4 Å². The van der Waals surface area contributed by atoms with Gasteiger partial charge >= 0.3 is 0 Å². The van der Waals surface area contributed by atoms with E-state index in [1.807, 2.05) is 36.4 Å². The van der Waals surface area contributed by atoms with Crippen molar-refractivity contribution in [3.8, 4) is 0 Å². The molecule has 1 aliphatic heterocycles. The maximum atomic E-state index is 12.6. The molecular weight excluding hydrogens is 430 g/mol. The second-order valence-corrected chi connectivity index (χ2v) is 12.0. The third-order valence-electron chi connectivity index (χ3n) is 4.73. The number of benzene rings is 2. The molecule has 9 heteroatoms. The monoisotopic (exact) mass is 456 g/mol. The minimum Gasteiger partial charge on any atom is -0.369 e. The Kier molecular flexibility index (Phi) is 7.14. The molecule has 0 spiro atoms. The summed E-state index contributed by atoms with van der Waals surface area (Å²) in [5.41, 5.74) is 1.64. The lowest BCUT2D eigenvalue weighted by Gasteiger charge is -2.37. The van der Waals surface area contributed by atoms with Gasteiger partial charge in [0, 0.05) is 48.4 Å². The van der Waals surface area contributed by atoms with Crippen molar-refractivity contribution in [3.63, 3.8) is 0 Å². The van der Waals surface area contributed by atoms with Crippen molar-refractivity contribution in [1.82, 2.24) is 4.90 Å². The maximum absolute atomic E-state index is 12.6. The normalized spacial score (nSPS) is 16.0. The lowest BCUT2D eigenvalue weighted by atomic mass is 10.2. The molecule has 0 aliphatic carbocycles. The summed E-state index contributed by atoms with van der Waals surface area (Å²) < 4.78 is 27.9. The first kappa shape index (κ1) is 21.7. The second kappa shape index (κ2) is 9.21. The Morgan fingerprint density at radius 2 is 1.50 bits per heavy atom. The molecule has 0 bridgehead atoms. The number of piperazine rings is 1. The topological polar surface area (TPSA) is 52.7 Å². The van der Waals surface area contributed by atoms with Crippen molar-refractivity contribution in [3.05, 3.63) is 48.5 Å². The molecule has 1 saturated heterocycles. The standard InChI is InChI=1S/C19H25N3O2S4/c1-27(2)17-7-9-18(10-8-17)28(23,24)20-15-3-5-16(6-4-15)21-11-13-22(14-12-21)19(25)26/h3-10,19-20H,11-14H2,1-2H3,(H-,25,26)/p+1. The molecule has 0 amide bonds. The fourth-order valence-corrected chi connectivity index (χ4v) is 5.26. The Balaban J connectivity index is 1.65. The predicted octanol–water partition coefficient (Wildman–Crippen LogP) is 2.99. The summed E-state index contributed by atoms with van der Waals surface area (Å²) in [7, 11) is -3.49. The van der Waals surface area contributed by atoms with Crippen LogP contribution in [0.25, 0.3) is 0 Å². The molecule has 0 unspecified atom stereocenters. The lowest BCUT2D eigenvalue weighted by molar-refractivity contribution is 0.287. The van der Waals surface area contributed by atoms with E-state index in [0.717, 1.165) is 36.8 Å². The molecule has 0 radical (unpaired) electrons. The zero-order valence-corrected chi connectivity index (χ0v) is 19.4. The minimum absolute atomic E-state index is 0.0333. The van der Waals surface area contributed by atoms with Gasteiger partial charge < -0.3 is 4.90 Å². The third kappa shape index (κ3) is 5.33. The number of nitrogens with zero attached hydrogens (tertiary/aromatic N) is 2. The zero-order valence-electron chi connectivity index (χ0n) is 15.9. The first-order valence-electron chi connectivity index (χ1n) is 8.92. The SMILES string of the molecule is C[S+](C)c1ccc(S(=O)(=O)Nc2ccc(N3CCN(C(S)S)CC3)cc2)cc1. The van der Waals surface area contributed by atoms with Gasteiger partial charge in [-0.15, -0.1) is 25.3 Å². The second-order valence-electron chi connectivity index (χ2n) is 6.81. The van der Waals surface area contributed by atoms with E-state index in [-0.39, 0.29) is 20.5 Å². The highest BCUT2D eigenvalue weighted by Gasteiger charge is 2.20. The van der Waals surface area contributed by atoms with Crippen LogP contribution in [0.5, 0.6) is 0 Å². The summed E-state index contributed by atoms with van der Waals surface area (Å²) in [5, 5.41) is 0. The van der Waals surface area contributed by atoms with Crippen molar-refractivity contribution in [2.24, 2.45) is 0 Å². The van der Waals surface area contributed by atoms with Gasteiger partial charge in [-0.1, -0.05) is 0 Å². The molecule has 1 aliphatic rings. The molecule has 28 heavy (non-hydrogen) atoms. The first-order valence-corrected chi connectivity index (χ1v) is 13.5. The van der Waals surface area contributed by atoms with Crippen LogP contribution in [0.1, 0.15) is 0 Å². The molecule has 0 saturated carbocycles. The van der Waals surface area contributed by atoms with Gasteiger partial charge in [0.15, 0.2) is 4.90 Å². The maximum Gasteiger partial charge on any atom is 0.261 e. The van der Waals surface area contributed by atoms with Crippen LogP contribution in [0.3, 0.4) is 0 Å². The van der Waals surface area contributed by atoms with E-state index < -0.39 is 10.0 Å². The molecule has 152 valence electrons. The molecule has 3 rings (SSSR count). The summed E-state index contributed by atoms with van der Waals surface area (Å²) in [5.74, 6) is 0. The Hall–Kier alpha value is -1.00.